The molecule has 19 heavy (non-hydrogen) atoms. The van der Waals surface area contributed by atoms with Crippen LogP contribution in [0.2, 0.25) is 0 Å². The fourth-order valence-corrected chi connectivity index (χ4v) is 1.65. The molecule has 0 aliphatic carbocycles. The molecule has 0 saturated carbocycles. The third-order valence-corrected chi connectivity index (χ3v) is 2.64. The summed E-state index contributed by atoms with van der Waals surface area (Å²) in [5.74, 6) is 6.70. The minimum Gasteiger partial charge on any atom is -0.487 e. The molecule has 0 unspecified atom stereocenters. The van der Waals surface area contributed by atoms with E-state index in [4.69, 9.17) is 10.5 Å². The Bertz CT molecular complexity index is 597. The maximum absolute atomic E-state index is 5.70. The molecule has 1 aromatic carbocycles. The molecule has 0 amide bonds. The number of hydrogen-bond donors (Lipinski definition) is 1. The van der Waals surface area contributed by atoms with Gasteiger partial charge in [-0.25, -0.2) is 0 Å². The molecule has 0 saturated heterocycles. The van der Waals surface area contributed by atoms with Gasteiger partial charge in [0.1, 0.15) is 12.4 Å². The van der Waals surface area contributed by atoms with Gasteiger partial charge in [0.05, 0.1) is 12.2 Å². The molecule has 0 aliphatic heterocycles. The van der Waals surface area contributed by atoms with Crippen LogP contribution in [0.15, 0.2) is 42.6 Å². The highest BCUT2D eigenvalue weighted by Crippen LogP contribution is 2.17. The van der Waals surface area contributed by atoms with Crippen LogP contribution in [0, 0.1) is 18.8 Å². The highest BCUT2D eigenvalue weighted by Gasteiger charge is 2.00. The number of hydrogen-bond acceptors (Lipinski definition) is 3. The summed E-state index contributed by atoms with van der Waals surface area (Å²) >= 11 is 0. The van der Waals surface area contributed by atoms with Crippen LogP contribution in [0.3, 0.4) is 0 Å². The van der Waals surface area contributed by atoms with E-state index in [-0.39, 0.29) is 0 Å². The molecule has 3 heteroatoms. The van der Waals surface area contributed by atoms with Crippen LogP contribution in [-0.4, -0.2) is 11.5 Å². The van der Waals surface area contributed by atoms with E-state index in [0.29, 0.717) is 13.2 Å². The van der Waals surface area contributed by atoms with Crippen molar-refractivity contribution in [2.75, 3.05) is 6.54 Å². The van der Waals surface area contributed by atoms with Crippen molar-refractivity contribution in [1.82, 2.24) is 4.98 Å². The molecule has 2 aromatic rings. The Kier molecular flexibility index (Phi) is 4.54. The number of nitrogens with two attached hydrogens (primary N) is 1. The van der Waals surface area contributed by atoms with E-state index in [1.54, 1.807) is 6.20 Å². The molecule has 1 heterocycles. The molecule has 0 radical (unpaired) electrons. The van der Waals surface area contributed by atoms with Crippen molar-refractivity contribution in [3.8, 4) is 17.6 Å². The third-order valence-electron chi connectivity index (χ3n) is 2.64. The van der Waals surface area contributed by atoms with Crippen molar-refractivity contribution >= 4 is 0 Å². The monoisotopic (exact) mass is 252 g/mol. The number of pyridine rings is 1. The topological polar surface area (TPSA) is 48.1 Å². The highest BCUT2D eigenvalue weighted by atomic mass is 16.5. The van der Waals surface area contributed by atoms with Crippen LogP contribution in [0.1, 0.15) is 16.8 Å². The summed E-state index contributed by atoms with van der Waals surface area (Å²) in [7, 11) is 0. The fourth-order valence-electron chi connectivity index (χ4n) is 1.65. The van der Waals surface area contributed by atoms with E-state index in [9.17, 15) is 0 Å². The van der Waals surface area contributed by atoms with E-state index < -0.39 is 0 Å². The van der Waals surface area contributed by atoms with Gasteiger partial charge in [-0.1, -0.05) is 17.9 Å². The number of ether oxygens (including phenoxy) is 1. The van der Waals surface area contributed by atoms with Crippen molar-refractivity contribution in [3.05, 3.63) is 59.4 Å². The van der Waals surface area contributed by atoms with Gasteiger partial charge in [-0.3, -0.25) is 4.98 Å². The van der Waals surface area contributed by atoms with Crippen LogP contribution in [-0.2, 0) is 6.61 Å². The second-order valence-corrected chi connectivity index (χ2v) is 4.09. The molecule has 3 nitrogen and oxygen atoms in total. The molecule has 0 fully saturated rings. The maximum Gasteiger partial charge on any atom is 0.130 e. The molecule has 0 atom stereocenters. The number of aryl methyl sites for hydroxylation is 1. The Morgan fingerprint density at radius 1 is 1.26 bits per heavy atom. The van der Waals surface area contributed by atoms with E-state index in [0.717, 1.165) is 22.6 Å². The highest BCUT2D eigenvalue weighted by molar-refractivity contribution is 5.44. The molecule has 0 spiro atoms. The number of nitrogens with zero attached hydrogens (tertiary/aromatic N) is 1. The van der Waals surface area contributed by atoms with Gasteiger partial charge in [0.15, 0.2) is 0 Å². The molecule has 96 valence electrons. The summed E-state index contributed by atoms with van der Waals surface area (Å²) in [5, 5.41) is 0. The lowest BCUT2D eigenvalue weighted by Crippen LogP contribution is -1.98. The number of benzene rings is 1. The van der Waals surface area contributed by atoms with Gasteiger partial charge in [0.25, 0.3) is 0 Å². The van der Waals surface area contributed by atoms with Gasteiger partial charge in [-0.15, -0.1) is 0 Å². The van der Waals surface area contributed by atoms with Crippen molar-refractivity contribution in [1.29, 1.82) is 0 Å². The van der Waals surface area contributed by atoms with Crippen molar-refractivity contribution in [2.24, 2.45) is 5.73 Å². The third kappa shape index (κ3) is 3.84. The minimum atomic E-state index is 0.372. The molecule has 2 rings (SSSR count). The molecule has 0 bridgehead atoms. The minimum absolute atomic E-state index is 0.372. The summed E-state index contributed by atoms with van der Waals surface area (Å²) in [5.41, 5.74) is 8.34. The number of rotatable bonds is 3. The molecule has 2 N–H and O–H groups in total. The van der Waals surface area contributed by atoms with Gasteiger partial charge in [0.2, 0.25) is 0 Å². The van der Waals surface area contributed by atoms with Crippen LogP contribution < -0.4 is 10.5 Å². The Balaban J connectivity index is 2.04. The van der Waals surface area contributed by atoms with E-state index >= 15 is 0 Å². The van der Waals surface area contributed by atoms with Crippen LogP contribution >= 0.6 is 0 Å². The van der Waals surface area contributed by atoms with E-state index in [2.05, 4.69) is 16.8 Å². The van der Waals surface area contributed by atoms with Gasteiger partial charge < -0.3 is 10.5 Å². The Labute approximate surface area is 113 Å². The molecule has 0 aliphatic rings. The smallest absolute Gasteiger partial charge is 0.130 e. The first-order valence-corrected chi connectivity index (χ1v) is 6.12. The van der Waals surface area contributed by atoms with E-state index in [1.165, 1.54) is 0 Å². The van der Waals surface area contributed by atoms with Crippen LogP contribution in [0.4, 0.5) is 0 Å². The van der Waals surface area contributed by atoms with Crippen LogP contribution in [0.25, 0.3) is 0 Å². The van der Waals surface area contributed by atoms with Gasteiger partial charge in [-0.2, -0.15) is 0 Å². The summed E-state index contributed by atoms with van der Waals surface area (Å²) in [6.07, 6.45) is 1.76. The Morgan fingerprint density at radius 2 is 2.16 bits per heavy atom. The van der Waals surface area contributed by atoms with Gasteiger partial charge in [0, 0.05) is 11.8 Å². The molecule has 1 aromatic heterocycles. The second-order valence-electron chi connectivity index (χ2n) is 4.09. The predicted molar refractivity (Wildman–Crippen MR) is 75.7 cm³/mol. The van der Waals surface area contributed by atoms with E-state index in [1.807, 2.05) is 43.3 Å². The lowest BCUT2D eigenvalue weighted by Gasteiger charge is -2.07. The fraction of sp³-hybridized carbons (Fsp3) is 0.188. The summed E-state index contributed by atoms with van der Waals surface area (Å²) in [6, 6.07) is 11.6. The van der Waals surface area contributed by atoms with Crippen LogP contribution in [0.5, 0.6) is 5.75 Å². The average Bonchev–Trinajstić information content (AvgIpc) is 2.45. The summed E-state index contributed by atoms with van der Waals surface area (Å²) < 4.78 is 5.70. The zero-order valence-corrected chi connectivity index (χ0v) is 10.9. The Hall–Kier alpha value is -2.31. The maximum atomic E-state index is 5.70. The molecular formula is C16H16N2O. The first-order chi connectivity index (χ1) is 9.29. The first kappa shape index (κ1) is 13.1. The normalized spacial score (nSPS) is 9.58. The quantitative estimate of drug-likeness (QED) is 0.852. The standard InChI is InChI=1S/C16H16N2O/c1-13-11-16(8-7-14(13)5-4-9-17)19-12-15-6-2-3-10-18-15/h2-3,6-8,10-11H,9,12,17H2,1H3. The van der Waals surface area contributed by atoms with Crippen molar-refractivity contribution in [2.45, 2.75) is 13.5 Å². The zero-order valence-electron chi connectivity index (χ0n) is 10.9. The average molecular weight is 252 g/mol. The Morgan fingerprint density at radius 3 is 2.84 bits per heavy atom. The van der Waals surface area contributed by atoms with Crippen molar-refractivity contribution < 1.29 is 4.74 Å². The second kappa shape index (κ2) is 6.58. The lowest BCUT2D eigenvalue weighted by atomic mass is 10.1. The van der Waals surface area contributed by atoms with Gasteiger partial charge >= 0.3 is 0 Å². The lowest BCUT2D eigenvalue weighted by molar-refractivity contribution is 0.301. The number of aromatic nitrogens is 1. The summed E-state index contributed by atoms with van der Waals surface area (Å²) in [6.45, 7) is 2.85. The molecular weight excluding hydrogens is 236 g/mol. The van der Waals surface area contributed by atoms with Gasteiger partial charge in [-0.05, 0) is 42.8 Å². The first-order valence-electron chi connectivity index (χ1n) is 6.12. The SMILES string of the molecule is Cc1cc(OCc2ccccn2)ccc1C#CCN. The zero-order chi connectivity index (χ0) is 13.5. The predicted octanol–water partition coefficient (Wildman–Crippen LogP) is 2.28. The largest absolute Gasteiger partial charge is 0.487 e. The summed E-state index contributed by atoms with van der Waals surface area (Å²) in [4.78, 5) is 4.21. The van der Waals surface area contributed by atoms with Crippen molar-refractivity contribution in [3.63, 3.8) is 0 Å².